The Balaban J connectivity index is 1.78. The fourth-order valence-electron chi connectivity index (χ4n) is 3.35. The fourth-order valence-corrected chi connectivity index (χ4v) is 3.57. The van der Waals surface area contributed by atoms with Gasteiger partial charge in [0.2, 0.25) is 6.79 Å². The Morgan fingerprint density at radius 2 is 2.15 bits per heavy atom. The molecule has 1 aromatic heterocycles. The third kappa shape index (κ3) is 3.31. The number of aryl methyl sites for hydroxylation is 1. The molecule has 3 heterocycles. The molecule has 0 amide bonds. The zero-order valence-electron chi connectivity index (χ0n) is 14.7. The summed E-state index contributed by atoms with van der Waals surface area (Å²) in [5.74, 6) is 2.40. The van der Waals surface area contributed by atoms with Crippen molar-refractivity contribution in [3.63, 3.8) is 0 Å². The van der Waals surface area contributed by atoms with Crippen LogP contribution in [0, 0.1) is 6.92 Å². The Bertz CT molecular complexity index is 861. The zero-order valence-corrected chi connectivity index (χ0v) is 15.6. The van der Waals surface area contributed by atoms with Gasteiger partial charge in [0.05, 0.1) is 17.7 Å². The molecule has 3 aliphatic rings. The van der Waals surface area contributed by atoms with E-state index in [4.69, 9.17) is 9.47 Å². The van der Waals surface area contributed by atoms with Crippen LogP contribution in [0.3, 0.4) is 0 Å². The molecule has 0 bridgehead atoms. The van der Waals surface area contributed by atoms with Gasteiger partial charge >= 0.3 is 0 Å². The number of imidazole rings is 1. The summed E-state index contributed by atoms with van der Waals surface area (Å²) in [6.45, 7) is 3.04. The molecule has 1 saturated heterocycles. The summed E-state index contributed by atoms with van der Waals surface area (Å²) in [7, 11) is 0. The number of amidine groups is 1. The molecule has 0 saturated carbocycles. The van der Waals surface area contributed by atoms with E-state index in [0.717, 1.165) is 72.1 Å². The predicted molar refractivity (Wildman–Crippen MR) is 104 cm³/mol. The molecular formula is C19H22N4O2S. The Morgan fingerprint density at radius 1 is 1.27 bits per heavy atom. The third-order valence-electron chi connectivity index (χ3n) is 4.63. The minimum absolute atomic E-state index is 0.230. The maximum Gasteiger partial charge on any atom is 0.231 e. The lowest BCUT2D eigenvalue weighted by molar-refractivity contribution is 0.0973. The average Bonchev–Trinajstić information content (AvgIpc) is 3.18. The van der Waals surface area contributed by atoms with Crippen LogP contribution in [-0.2, 0) is 9.47 Å². The molecule has 0 radical (unpaired) electrons. The fraction of sp³-hybridized carbons (Fsp3) is 0.368. The highest BCUT2D eigenvalue weighted by Gasteiger charge is 2.27. The van der Waals surface area contributed by atoms with Crippen LogP contribution in [0.15, 0.2) is 58.4 Å². The van der Waals surface area contributed by atoms with Crippen LogP contribution in [0.4, 0.5) is 0 Å². The number of nitrogens with one attached hydrogen (secondary N) is 1. The van der Waals surface area contributed by atoms with Gasteiger partial charge in [-0.05, 0) is 37.8 Å². The van der Waals surface area contributed by atoms with Crippen LogP contribution >= 0.6 is 12.8 Å². The quantitative estimate of drug-likeness (QED) is 0.782. The SMILES string of the molecule is Cc1cn(C2=C3OCOC3=C(/C=C3\CCCCN=C3NS)C=CC2)cn1. The van der Waals surface area contributed by atoms with Gasteiger partial charge in [0.1, 0.15) is 5.84 Å². The summed E-state index contributed by atoms with van der Waals surface area (Å²) in [6.07, 6.45) is 14.1. The third-order valence-corrected chi connectivity index (χ3v) is 4.84. The van der Waals surface area contributed by atoms with E-state index in [1.807, 2.05) is 24.0 Å². The first kappa shape index (κ1) is 17.0. The summed E-state index contributed by atoms with van der Waals surface area (Å²) >= 11 is 4.22. The molecule has 7 heteroatoms. The van der Waals surface area contributed by atoms with Crippen LogP contribution in [0.2, 0.25) is 0 Å². The van der Waals surface area contributed by atoms with Gasteiger partial charge in [0, 0.05) is 24.7 Å². The first-order valence-corrected chi connectivity index (χ1v) is 9.27. The molecule has 2 aliphatic heterocycles. The zero-order chi connectivity index (χ0) is 17.9. The van der Waals surface area contributed by atoms with Gasteiger partial charge in [-0.2, -0.15) is 0 Å². The Hall–Kier alpha value is -2.41. The molecule has 0 spiro atoms. The second kappa shape index (κ2) is 7.45. The van der Waals surface area contributed by atoms with Crippen molar-refractivity contribution in [3.8, 4) is 0 Å². The molecular weight excluding hydrogens is 348 g/mol. The van der Waals surface area contributed by atoms with Gasteiger partial charge in [-0.15, -0.1) is 0 Å². The first-order valence-electron chi connectivity index (χ1n) is 8.82. The highest BCUT2D eigenvalue weighted by atomic mass is 32.1. The number of hydrogen-bond donors (Lipinski definition) is 2. The van der Waals surface area contributed by atoms with Crippen molar-refractivity contribution in [3.05, 3.63) is 59.1 Å². The Kier molecular flexibility index (Phi) is 4.88. The standard InChI is InChI=1S/C19H22N4O2S/c1-13-10-23(11-21-13)16-7-4-6-14(17-18(16)25-12-24-17)9-15-5-2-3-8-20-19(15)22-26/h4,6,9-11,26H,2-3,5,7-8,12H2,1H3,(H,20,22)/b15-9+. The summed E-state index contributed by atoms with van der Waals surface area (Å²) in [4.78, 5) is 8.91. The minimum atomic E-state index is 0.230. The van der Waals surface area contributed by atoms with Crippen molar-refractivity contribution in [2.24, 2.45) is 4.99 Å². The van der Waals surface area contributed by atoms with Crippen LogP contribution in [0.1, 0.15) is 31.4 Å². The van der Waals surface area contributed by atoms with E-state index in [9.17, 15) is 0 Å². The molecule has 136 valence electrons. The van der Waals surface area contributed by atoms with Gasteiger partial charge in [-0.1, -0.05) is 25.0 Å². The van der Waals surface area contributed by atoms with Crippen molar-refractivity contribution < 1.29 is 9.47 Å². The molecule has 6 nitrogen and oxygen atoms in total. The van der Waals surface area contributed by atoms with Crippen LogP contribution < -0.4 is 4.72 Å². The maximum atomic E-state index is 5.84. The second-order valence-corrected chi connectivity index (χ2v) is 6.69. The number of hydrogen-bond acceptors (Lipinski definition) is 6. The second-order valence-electron chi connectivity index (χ2n) is 6.46. The van der Waals surface area contributed by atoms with E-state index < -0.39 is 0 Å². The van der Waals surface area contributed by atoms with E-state index in [1.54, 1.807) is 0 Å². The molecule has 1 aromatic rings. The van der Waals surface area contributed by atoms with Crippen molar-refractivity contribution in [1.82, 2.24) is 14.3 Å². The van der Waals surface area contributed by atoms with Gasteiger partial charge in [0.25, 0.3) is 0 Å². The van der Waals surface area contributed by atoms with Crippen LogP contribution in [-0.4, -0.2) is 28.7 Å². The largest absolute Gasteiger partial charge is 0.453 e. The lowest BCUT2D eigenvalue weighted by atomic mass is 10.0. The summed E-state index contributed by atoms with van der Waals surface area (Å²) < 4.78 is 16.6. The van der Waals surface area contributed by atoms with E-state index in [-0.39, 0.29) is 6.79 Å². The molecule has 0 unspecified atom stereocenters. The summed E-state index contributed by atoms with van der Waals surface area (Å²) in [5.41, 5.74) is 4.14. The number of allylic oxidation sites excluding steroid dienone is 5. The first-order chi connectivity index (χ1) is 12.8. The molecule has 1 fully saturated rings. The number of thiol groups is 1. The highest BCUT2D eigenvalue weighted by Crippen LogP contribution is 2.35. The number of nitrogens with zero attached hydrogens (tertiary/aromatic N) is 3. The van der Waals surface area contributed by atoms with Gasteiger partial charge in [0.15, 0.2) is 11.5 Å². The number of aromatic nitrogens is 2. The molecule has 4 rings (SSSR count). The average molecular weight is 370 g/mol. The van der Waals surface area contributed by atoms with Gasteiger partial charge < -0.3 is 18.8 Å². The smallest absolute Gasteiger partial charge is 0.231 e. The molecule has 1 aliphatic carbocycles. The molecule has 0 atom stereocenters. The lowest BCUT2D eigenvalue weighted by Gasteiger charge is -2.10. The summed E-state index contributed by atoms with van der Waals surface area (Å²) in [6, 6.07) is 0. The monoisotopic (exact) mass is 370 g/mol. The van der Waals surface area contributed by atoms with E-state index in [0.29, 0.717) is 0 Å². The Morgan fingerprint density at radius 3 is 2.96 bits per heavy atom. The van der Waals surface area contributed by atoms with Crippen LogP contribution in [0.5, 0.6) is 0 Å². The van der Waals surface area contributed by atoms with Gasteiger partial charge in [-0.3, -0.25) is 4.99 Å². The Labute approximate surface area is 158 Å². The van der Waals surface area contributed by atoms with Crippen molar-refractivity contribution >= 4 is 24.3 Å². The molecule has 0 aromatic carbocycles. The van der Waals surface area contributed by atoms with Crippen molar-refractivity contribution in [2.45, 2.75) is 32.6 Å². The highest BCUT2D eigenvalue weighted by molar-refractivity contribution is 7.78. The van der Waals surface area contributed by atoms with E-state index in [2.05, 4.69) is 45.7 Å². The molecule has 26 heavy (non-hydrogen) atoms. The van der Waals surface area contributed by atoms with E-state index >= 15 is 0 Å². The lowest BCUT2D eigenvalue weighted by Crippen LogP contribution is -2.15. The number of rotatable bonds is 2. The maximum absolute atomic E-state index is 5.84. The van der Waals surface area contributed by atoms with Crippen molar-refractivity contribution in [2.75, 3.05) is 13.3 Å². The minimum Gasteiger partial charge on any atom is -0.453 e. The number of ether oxygens (including phenoxy) is 2. The van der Waals surface area contributed by atoms with Crippen LogP contribution in [0.25, 0.3) is 5.70 Å². The van der Waals surface area contributed by atoms with Gasteiger partial charge in [-0.25, -0.2) is 4.98 Å². The number of aliphatic imine (C=N–C) groups is 1. The predicted octanol–water partition coefficient (Wildman–Crippen LogP) is 3.52. The summed E-state index contributed by atoms with van der Waals surface area (Å²) in [5, 5.41) is 0. The van der Waals surface area contributed by atoms with E-state index in [1.165, 1.54) is 0 Å². The van der Waals surface area contributed by atoms with Crippen molar-refractivity contribution in [1.29, 1.82) is 0 Å². The number of fused-ring (bicyclic) bond motifs is 1. The molecule has 1 N–H and O–H groups in total. The normalized spacial score (nSPS) is 21.8. The topological polar surface area (TPSA) is 60.7 Å².